The number of nitrogens with zero attached hydrogens (tertiary/aromatic N) is 2. The number of rotatable bonds is 6. The van der Waals surface area contributed by atoms with Crippen LogP contribution in [-0.2, 0) is 23.1 Å². The summed E-state index contributed by atoms with van der Waals surface area (Å²) in [6, 6.07) is 12.4. The molecule has 2 rings (SSSR count). The molecule has 25 heavy (non-hydrogen) atoms. The van der Waals surface area contributed by atoms with Crippen molar-refractivity contribution in [2.24, 2.45) is 4.99 Å². The quantitative estimate of drug-likeness (QED) is 0.334. The van der Waals surface area contributed by atoms with Crippen molar-refractivity contribution in [2.75, 3.05) is 14.1 Å². The van der Waals surface area contributed by atoms with Crippen LogP contribution in [0.25, 0.3) is 0 Å². The summed E-state index contributed by atoms with van der Waals surface area (Å²) in [4.78, 5) is 8.63. The number of halogens is 1. The summed E-state index contributed by atoms with van der Waals surface area (Å²) in [5.41, 5.74) is 1.87. The van der Waals surface area contributed by atoms with Gasteiger partial charge in [0.15, 0.2) is 5.96 Å². The average molecular weight is 475 g/mol. The van der Waals surface area contributed by atoms with Crippen molar-refractivity contribution in [3.05, 3.63) is 59.9 Å². The largest absolute Gasteiger partial charge is 0.352 e. The maximum Gasteiger partial charge on any atom is 0.240 e. The van der Waals surface area contributed by atoms with E-state index in [4.69, 9.17) is 0 Å². The van der Waals surface area contributed by atoms with E-state index in [-0.39, 0.29) is 28.9 Å². The Hall–Kier alpha value is -1.72. The van der Waals surface area contributed by atoms with Crippen molar-refractivity contribution in [1.29, 1.82) is 0 Å². The molecule has 3 N–H and O–H groups in total. The van der Waals surface area contributed by atoms with Gasteiger partial charge in [-0.25, -0.2) is 13.1 Å². The molecule has 0 amide bonds. The minimum atomic E-state index is -3.40. The number of hydrogen-bond acceptors (Lipinski definition) is 4. The molecule has 1 heterocycles. The van der Waals surface area contributed by atoms with Gasteiger partial charge in [0.05, 0.1) is 17.1 Å². The Morgan fingerprint density at radius 2 is 1.76 bits per heavy atom. The van der Waals surface area contributed by atoms with Crippen molar-refractivity contribution in [1.82, 2.24) is 20.3 Å². The lowest BCUT2D eigenvalue weighted by atomic mass is 10.2. The molecule has 0 saturated heterocycles. The summed E-state index contributed by atoms with van der Waals surface area (Å²) in [5, 5.41) is 6.35. The predicted octanol–water partition coefficient (Wildman–Crippen LogP) is 1.47. The average Bonchev–Trinajstić information content (AvgIpc) is 2.63. The van der Waals surface area contributed by atoms with Gasteiger partial charge in [0.1, 0.15) is 0 Å². The van der Waals surface area contributed by atoms with Crippen molar-refractivity contribution >= 4 is 40.0 Å². The van der Waals surface area contributed by atoms with Gasteiger partial charge in [-0.05, 0) is 36.9 Å². The Morgan fingerprint density at radius 3 is 2.32 bits per heavy atom. The molecular weight excluding hydrogens is 453 g/mol. The molecule has 2 aromatic rings. The highest BCUT2D eigenvalue weighted by Gasteiger charge is 2.10. The zero-order chi connectivity index (χ0) is 17.4. The lowest BCUT2D eigenvalue weighted by Crippen LogP contribution is -2.36. The predicted molar refractivity (Wildman–Crippen MR) is 109 cm³/mol. The van der Waals surface area contributed by atoms with E-state index in [1.807, 2.05) is 18.2 Å². The molecule has 0 radical (unpaired) electrons. The number of aromatic nitrogens is 1. The molecule has 0 aliphatic heterocycles. The summed E-state index contributed by atoms with van der Waals surface area (Å²) in [5.74, 6) is 0.646. The summed E-state index contributed by atoms with van der Waals surface area (Å²) >= 11 is 0. The second-order valence-corrected chi connectivity index (χ2v) is 6.84. The van der Waals surface area contributed by atoms with E-state index in [0.29, 0.717) is 19.0 Å². The Balaban J connectivity index is 0.00000312. The highest BCUT2D eigenvalue weighted by atomic mass is 127. The van der Waals surface area contributed by atoms with Crippen LogP contribution >= 0.6 is 24.0 Å². The topological polar surface area (TPSA) is 95.5 Å². The first kappa shape index (κ1) is 21.3. The number of guanidine groups is 1. The summed E-state index contributed by atoms with van der Waals surface area (Å²) in [7, 11) is -0.322. The van der Waals surface area contributed by atoms with Crippen LogP contribution < -0.4 is 15.4 Å². The maximum atomic E-state index is 11.7. The van der Waals surface area contributed by atoms with E-state index in [1.54, 1.807) is 37.5 Å². The van der Waals surface area contributed by atoms with Crippen LogP contribution in [0.3, 0.4) is 0 Å². The molecule has 1 aromatic heterocycles. The molecule has 0 fully saturated rings. The zero-order valence-electron chi connectivity index (χ0n) is 14.1. The number of nitrogens with one attached hydrogen (secondary N) is 3. The van der Waals surface area contributed by atoms with E-state index in [1.165, 1.54) is 7.05 Å². The second kappa shape index (κ2) is 10.3. The first-order chi connectivity index (χ1) is 11.5. The molecule has 0 bridgehead atoms. The third-order valence-corrected chi connectivity index (χ3v) is 4.78. The molecular formula is C16H22IN5O2S. The maximum absolute atomic E-state index is 11.7. The first-order valence-electron chi connectivity index (χ1n) is 7.42. The smallest absolute Gasteiger partial charge is 0.240 e. The number of hydrogen-bond donors (Lipinski definition) is 3. The SMILES string of the molecule is CN=C(NCc1ccc(S(=O)(=O)NC)cc1)NCc1ccccn1.I. The zero-order valence-corrected chi connectivity index (χ0v) is 17.2. The fourth-order valence-electron chi connectivity index (χ4n) is 1.99. The fraction of sp³-hybridized carbons (Fsp3) is 0.250. The van der Waals surface area contributed by atoms with Gasteiger partial charge in [-0.1, -0.05) is 18.2 Å². The van der Waals surface area contributed by atoms with E-state index in [2.05, 4.69) is 25.3 Å². The molecule has 7 nitrogen and oxygen atoms in total. The molecule has 136 valence electrons. The highest BCUT2D eigenvalue weighted by Crippen LogP contribution is 2.09. The van der Waals surface area contributed by atoms with Crippen LogP contribution in [0.2, 0.25) is 0 Å². The Kier molecular flexibility index (Phi) is 8.79. The lowest BCUT2D eigenvalue weighted by molar-refractivity contribution is 0.588. The fourth-order valence-corrected chi connectivity index (χ4v) is 2.72. The molecule has 0 aliphatic carbocycles. The summed E-state index contributed by atoms with van der Waals surface area (Å²) < 4.78 is 25.7. The van der Waals surface area contributed by atoms with Crippen LogP contribution in [0.1, 0.15) is 11.3 Å². The van der Waals surface area contributed by atoms with E-state index in [9.17, 15) is 8.42 Å². The van der Waals surface area contributed by atoms with Crippen LogP contribution in [0.4, 0.5) is 0 Å². The molecule has 0 spiro atoms. The second-order valence-electron chi connectivity index (χ2n) is 4.95. The van der Waals surface area contributed by atoms with E-state index >= 15 is 0 Å². The molecule has 9 heteroatoms. The van der Waals surface area contributed by atoms with Gasteiger partial charge in [0, 0.05) is 19.8 Å². The number of pyridine rings is 1. The van der Waals surface area contributed by atoms with Gasteiger partial charge in [0.2, 0.25) is 10.0 Å². The van der Waals surface area contributed by atoms with Gasteiger partial charge in [-0.15, -0.1) is 24.0 Å². The lowest BCUT2D eigenvalue weighted by Gasteiger charge is -2.12. The van der Waals surface area contributed by atoms with Crippen molar-refractivity contribution in [3.8, 4) is 0 Å². The summed E-state index contributed by atoms with van der Waals surface area (Å²) in [6.45, 7) is 1.10. The molecule has 0 aliphatic rings. The minimum Gasteiger partial charge on any atom is -0.352 e. The Bertz CT molecular complexity index is 780. The number of sulfonamides is 1. The van der Waals surface area contributed by atoms with Gasteiger partial charge in [0.25, 0.3) is 0 Å². The third-order valence-electron chi connectivity index (χ3n) is 3.35. The number of benzene rings is 1. The van der Waals surface area contributed by atoms with E-state index in [0.717, 1.165) is 11.3 Å². The van der Waals surface area contributed by atoms with Crippen LogP contribution in [0.5, 0.6) is 0 Å². The molecule has 0 atom stereocenters. The van der Waals surface area contributed by atoms with Crippen molar-refractivity contribution in [3.63, 3.8) is 0 Å². The molecule has 0 saturated carbocycles. The normalized spacial score (nSPS) is 11.5. The monoisotopic (exact) mass is 475 g/mol. The Labute approximate surface area is 165 Å². The minimum absolute atomic E-state index is 0. The van der Waals surface area contributed by atoms with Gasteiger partial charge < -0.3 is 10.6 Å². The molecule has 0 unspecified atom stereocenters. The highest BCUT2D eigenvalue weighted by molar-refractivity contribution is 14.0. The molecule has 1 aromatic carbocycles. The Morgan fingerprint density at radius 1 is 1.08 bits per heavy atom. The van der Waals surface area contributed by atoms with Crippen LogP contribution in [-0.4, -0.2) is 33.5 Å². The van der Waals surface area contributed by atoms with Gasteiger partial charge in [-0.2, -0.15) is 0 Å². The van der Waals surface area contributed by atoms with E-state index < -0.39 is 10.0 Å². The van der Waals surface area contributed by atoms with Gasteiger partial charge in [-0.3, -0.25) is 9.98 Å². The first-order valence-corrected chi connectivity index (χ1v) is 8.90. The standard InChI is InChI=1S/C16H21N5O2S.HI/c1-17-16(21-12-14-5-3-4-10-19-14)20-11-13-6-8-15(9-7-13)24(22,23)18-2;/h3-10,18H,11-12H2,1-2H3,(H2,17,20,21);1H. The van der Waals surface area contributed by atoms with Crippen LogP contribution in [0.15, 0.2) is 58.5 Å². The third kappa shape index (κ3) is 6.59. The summed E-state index contributed by atoms with van der Waals surface area (Å²) in [6.07, 6.45) is 1.74. The van der Waals surface area contributed by atoms with Crippen molar-refractivity contribution in [2.45, 2.75) is 18.0 Å². The van der Waals surface area contributed by atoms with Gasteiger partial charge >= 0.3 is 0 Å². The van der Waals surface area contributed by atoms with Crippen molar-refractivity contribution < 1.29 is 8.42 Å². The number of aliphatic imine (C=N–C) groups is 1. The van der Waals surface area contributed by atoms with Crippen LogP contribution in [0, 0.1) is 0 Å².